The van der Waals surface area contributed by atoms with Crippen LogP contribution in [0.25, 0.3) is 0 Å². The summed E-state index contributed by atoms with van der Waals surface area (Å²) in [7, 11) is 0. The van der Waals surface area contributed by atoms with Crippen molar-refractivity contribution in [1.82, 2.24) is 10.8 Å². The molecule has 1 heterocycles. The number of hydrogen-bond donors (Lipinski definition) is 2. The second-order valence-electron chi connectivity index (χ2n) is 5.48. The van der Waals surface area contributed by atoms with Gasteiger partial charge < -0.3 is 10.2 Å². The van der Waals surface area contributed by atoms with Gasteiger partial charge in [0.2, 0.25) is 5.06 Å². The molecule has 0 bridgehead atoms. The molecular weight excluding hydrogens is 296 g/mol. The highest BCUT2D eigenvalue weighted by molar-refractivity contribution is 7.13. The average molecular weight is 318 g/mol. The highest BCUT2D eigenvalue weighted by Gasteiger charge is 2.06. The topological polar surface area (TPSA) is 50.4 Å². The van der Waals surface area contributed by atoms with Crippen LogP contribution in [0.15, 0.2) is 42.5 Å². The summed E-state index contributed by atoms with van der Waals surface area (Å²) in [5.74, 6) is 0.466. The van der Waals surface area contributed by atoms with Gasteiger partial charge in [-0.05, 0) is 43.1 Å². The molecule has 118 valence electrons. The second kappa shape index (κ2) is 8.56. The maximum Gasteiger partial charge on any atom is 0.283 e. The third kappa shape index (κ3) is 5.50. The van der Waals surface area contributed by atoms with E-state index < -0.39 is 0 Å². The second-order valence-corrected chi connectivity index (χ2v) is 6.61. The number of rotatable bonds is 8. The predicted molar refractivity (Wildman–Crippen MR) is 90.0 cm³/mol. The first-order valence-corrected chi connectivity index (χ1v) is 8.28. The lowest BCUT2D eigenvalue weighted by atomic mass is 10.1. The van der Waals surface area contributed by atoms with E-state index in [1.165, 1.54) is 22.6 Å². The van der Waals surface area contributed by atoms with Crippen molar-refractivity contribution in [3.8, 4) is 5.06 Å². The van der Waals surface area contributed by atoms with Crippen LogP contribution in [0.3, 0.4) is 0 Å². The van der Waals surface area contributed by atoms with Crippen LogP contribution < -0.4 is 15.6 Å². The van der Waals surface area contributed by atoms with Crippen molar-refractivity contribution in [2.24, 2.45) is 5.92 Å². The minimum atomic E-state index is -0.245. The Morgan fingerprint density at radius 1 is 1.18 bits per heavy atom. The number of hydrogen-bond acceptors (Lipinski definition) is 4. The number of carbonyl (C=O) groups excluding carboxylic acids is 1. The number of nitrogens with one attached hydrogen (secondary N) is 2. The summed E-state index contributed by atoms with van der Waals surface area (Å²) in [5, 5.41) is 4.09. The Morgan fingerprint density at radius 2 is 1.95 bits per heavy atom. The highest BCUT2D eigenvalue weighted by Crippen LogP contribution is 2.23. The smallest absolute Gasteiger partial charge is 0.283 e. The monoisotopic (exact) mass is 318 g/mol. The van der Waals surface area contributed by atoms with Crippen LogP contribution in [0.4, 0.5) is 0 Å². The summed E-state index contributed by atoms with van der Waals surface area (Å²) in [6.07, 6.45) is 1.17. The van der Waals surface area contributed by atoms with Crippen molar-refractivity contribution in [3.63, 3.8) is 0 Å². The van der Waals surface area contributed by atoms with Gasteiger partial charge in [0.05, 0.1) is 0 Å². The molecule has 0 unspecified atom stereocenters. The fraction of sp³-hybridized carbons (Fsp3) is 0.353. The van der Waals surface area contributed by atoms with Crippen molar-refractivity contribution >= 4 is 17.2 Å². The zero-order valence-electron chi connectivity index (χ0n) is 13.0. The predicted octanol–water partition coefficient (Wildman–Crippen LogP) is 3.61. The number of amides is 1. The van der Waals surface area contributed by atoms with E-state index in [0.717, 1.165) is 13.1 Å². The molecule has 1 aromatic heterocycles. The van der Waals surface area contributed by atoms with E-state index in [4.69, 9.17) is 4.84 Å². The van der Waals surface area contributed by atoms with E-state index in [0.29, 0.717) is 16.5 Å². The Bertz CT molecular complexity index is 581. The van der Waals surface area contributed by atoms with Crippen LogP contribution in [0.2, 0.25) is 0 Å². The summed E-state index contributed by atoms with van der Waals surface area (Å²) in [4.78, 5) is 18.4. The van der Waals surface area contributed by atoms with Crippen LogP contribution in [-0.4, -0.2) is 12.5 Å². The Labute approximate surface area is 135 Å². The van der Waals surface area contributed by atoms with Gasteiger partial charge in [0, 0.05) is 17.0 Å². The molecular formula is C17H22N2O2S. The summed E-state index contributed by atoms with van der Waals surface area (Å²) in [6.45, 7) is 6.27. The molecule has 2 rings (SSSR count). The van der Waals surface area contributed by atoms with Gasteiger partial charge >= 0.3 is 0 Å². The summed E-state index contributed by atoms with van der Waals surface area (Å²) < 4.78 is 0. The molecule has 0 fully saturated rings. The molecule has 5 heteroatoms. The third-order valence-electron chi connectivity index (χ3n) is 3.11. The zero-order chi connectivity index (χ0) is 15.8. The van der Waals surface area contributed by atoms with Gasteiger partial charge in [0.15, 0.2) is 0 Å². The van der Waals surface area contributed by atoms with E-state index in [-0.39, 0.29) is 5.91 Å². The number of benzene rings is 1. The molecule has 0 aliphatic rings. The lowest BCUT2D eigenvalue weighted by Crippen LogP contribution is -2.26. The van der Waals surface area contributed by atoms with Gasteiger partial charge in [-0.25, -0.2) is 0 Å². The van der Waals surface area contributed by atoms with E-state index in [9.17, 15) is 4.79 Å². The molecule has 0 aliphatic carbocycles. The largest absolute Gasteiger partial charge is 0.368 e. The van der Waals surface area contributed by atoms with Crippen molar-refractivity contribution in [3.05, 3.63) is 52.9 Å². The lowest BCUT2D eigenvalue weighted by molar-refractivity contribution is 0.0767. The standard InChI is InChI=1S/C17H22N2O2S/c1-13(2)10-11-18-12-15-8-9-16(22-15)21-19-17(20)14-6-4-3-5-7-14/h3-9,13,18H,10-12H2,1-2H3,(H,19,20). The third-order valence-corrected chi connectivity index (χ3v) is 4.08. The van der Waals surface area contributed by atoms with E-state index in [1.54, 1.807) is 12.1 Å². The molecule has 0 aliphatic heterocycles. The van der Waals surface area contributed by atoms with Gasteiger partial charge in [-0.1, -0.05) is 43.4 Å². The molecule has 0 spiro atoms. The summed E-state index contributed by atoms with van der Waals surface area (Å²) >= 11 is 1.53. The normalized spacial score (nSPS) is 10.7. The maximum atomic E-state index is 11.9. The molecule has 0 saturated carbocycles. The molecule has 1 amide bonds. The van der Waals surface area contributed by atoms with Crippen molar-refractivity contribution in [2.75, 3.05) is 6.54 Å². The fourth-order valence-corrected chi connectivity index (χ4v) is 2.64. The first-order valence-electron chi connectivity index (χ1n) is 7.47. The SMILES string of the molecule is CC(C)CCNCc1ccc(ONC(=O)c2ccccc2)s1. The molecule has 0 atom stereocenters. The summed E-state index contributed by atoms with van der Waals surface area (Å²) in [5.41, 5.74) is 3.04. The van der Waals surface area contributed by atoms with Gasteiger partial charge in [0.25, 0.3) is 5.91 Å². The van der Waals surface area contributed by atoms with E-state index >= 15 is 0 Å². The van der Waals surface area contributed by atoms with Crippen LogP contribution >= 0.6 is 11.3 Å². The quantitative estimate of drug-likeness (QED) is 0.577. The van der Waals surface area contributed by atoms with E-state index in [2.05, 4.69) is 24.6 Å². The van der Waals surface area contributed by atoms with Crippen LogP contribution in [0.1, 0.15) is 35.5 Å². The Morgan fingerprint density at radius 3 is 2.68 bits per heavy atom. The lowest BCUT2D eigenvalue weighted by Gasteiger charge is -2.05. The fourth-order valence-electron chi connectivity index (χ4n) is 1.86. The molecule has 0 radical (unpaired) electrons. The van der Waals surface area contributed by atoms with Crippen molar-refractivity contribution in [1.29, 1.82) is 0 Å². The summed E-state index contributed by atoms with van der Waals surface area (Å²) in [6, 6.07) is 12.9. The van der Waals surface area contributed by atoms with Crippen molar-refractivity contribution in [2.45, 2.75) is 26.8 Å². The van der Waals surface area contributed by atoms with Gasteiger partial charge in [-0.15, -0.1) is 0 Å². The maximum absolute atomic E-state index is 11.9. The first kappa shape index (κ1) is 16.5. The van der Waals surface area contributed by atoms with E-state index in [1.807, 2.05) is 30.3 Å². The van der Waals surface area contributed by atoms with Crippen LogP contribution in [-0.2, 0) is 6.54 Å². The van der Waals surface area contributed by atoms with Gasteiger partial charge in [-0.3, -0.25) is 4.79 Å². The van der Waals surface area contributed by atoms with Crippen LogP contribution in [0, 0.1) is 5.92 Å². The number of thiophene rings is 1. The average Bonchev–Trinajstić information content (AvgIpc) is 2.98. The van der Waals surface area contributed by atoms with Gasteiger partial charge in [0.1, 0.15) is 0 Å². The molecule has 0 saturated heterocycles. The van der Waals surface area contributed by atoms with Crippen LogP contribution in [0.5, 0.6) is 5.06 Å². The number of hydroxylamine groups is 1. The number of carbonyl (C=O) groups is 1. The molecule has 22 heavy (non-hydrogen) atoms. The molecule has 2 N–H and O–H groups in total. The van der Waals surface area contributed by atoms with Crippen molar-refractivity contribution < 1.29 is 9.63 Å². The molecule has 4 nitrogen and oxygen atoms in total. The Balaban J connectivity index is 1.74. The first-order chi connectivity index (χ1) is 10.6. The minimum absolute atomic E-state index is 0.245. The minimum Gasteiger partial charge on any atom is -0.368 e. The molecule has 2 aromatic rings. The Kier molecular flexibility index (Phi) is 6.43. The molecule has 1 aromatic carbocycles. The van der Waals surface area contributed by atoms with Gasteiger partial charge in [-0.2, -0.15) is 5.48 Å². The zero-order valence-corrected chi connectivity index (χ0v) is 13.8. The highest BCUT2D eigenvalue weighted by atomic mass is 32.1. The Hall–Kier alpha value is -1.85.